The van der Waals surface area contributed by atoms with Crippen molar-refractivity contribution in [2.24, 2.45) is 5.10 Å². The Morgan fingerprint density at radius 2 is 1.80 bits per heavy atom. The molecule has 0 aliphatic rings. The van der Waals surface area contributed by atoms with E-state index >= 15 is 0 Å². The summed E-state index contributed by atoms with van der Waals surface area (Å²) in [6.45, 7) is 0. The van der Waals surface area contributed by atoms with Crippen LogP contribution in [0.25, 0.3) is 0 Å². The van der Waals surface area contributed by atoms with Crippen molar-refractivity contribution in [1.29, 1.82) is 0 Å². The summed E-state index contributed by atoms with van der Waals surface area (Å²) in [5.74, 6) is -0.972. The maximum Gasteiger partial charge on any atom is 0.273 e. The van der Waals surface area contributed by atoms with Crippen LogP contribution in [0.5, 0.6) is 0 Å². The van der Waals surface area contributed by atoms with Gasteiger partial charge in [-0.05, 0) is 23.3 Å². The van der Waals surface area contributed by atoms with Gasteiger partial charge in [0.1, 0.15) is 5.82 Å². The third kappa shape index (κ3) is 3.73. The lowest BCUT2D eigenvalue weighted by Crippen LogP contribution is -2.25. The molecule has 0 aliphatic heterocycles. The number of halogens is 1. The minimum Gasteiger partial charge on any atom is -0.378 e. The topological polar surface area (TPSA) is 61.7 Å². The second-order valence-electron chi connectivity index (χ2n) is 4.10. The van der Waals surface area contributed by atoms with Crippen LogP contribution in [-0.4, -0.2) is 17.2 Å². The first-order chi connectivity index (χ1) is 9.66. The molecule has 0 saturated heterocycles. The Labute approximate surface area is 115 Å². The van der Waals surface area contributed by atoms with Crippen LogP contribution in [0, 0.1) is 5.82 Å². The van der Waals surface area contributed by atoms with E-state index in [0.717, 1.165) is 0 Å². The van der Waals surface area contributed by atoms with Gasteiger partial charge in [-0.1, -0.05) is 42.5 Å². The van der Waals surface area contributed by atoms with Crippen molar-refractivity contribution in [1.82, 2.24) is 5.43 Å². The van der Waals surface area contributed by atoms with E-state index in [1.807, 2.05) is 0 Å². The van der Waals surface area contributed by atoms with Gasteiger partial charge in [-0.25, -0.2) is 9.82 Å². The number of carbonyl (C=O) groups is 1. The number of aliphatic hydroxyl groups is 1. The highest BCUT2D eigenvalue weighted by atomic mass is 19.1. The third-order valence-corrected chi connectivity index (χ3v) is 2.62. The van der Waals surface area contributed by atoms with Gasteiger partial charge in [-0.3, -0.25) is 4.79 Å². The summed E-state index contributed by atoms with van der Waals surface area (Å²) < 4.78 is 12.7. The van der Waals surface area contributed by atoms with Crippen molar-refractivity contribution < 1.29 is 14.3 Å². The van der Waals surface area contributed by atoms with Gasteiger partial charge in [0.15, 0.2) is 6.10 Å². The molecule has 1 unspecified atom stereocenters. The van der Waals surface area contributed by atoms with E-state index in [-0.39, 0.29) is 5.82 Å². The highest BCUT2D eigenvalue weighted by Gasteiger charge is 2.15. The maximum absolute atomic E-state index is 12.7. The van der Waals surface area contributed by atoms with Crippen molar-refractivity contribution in [2.45, 2.75) is 6.10 Å². The Kier molecular flexibility index (Phi) is 4.57. The van der Waals surface area contributed by atoms with E-state index in [4.69, 9.17) is 0 Å². The van der Waals surface area contributed by atoms with Crippen LogP contribution in [0.15, 0.2) is 59.7 Å². The second-order valence-corrected chi connectivity index (χ2v) is 4.10. The fourth-order valence-corrected chi connectivity index (χ4v) is 1.57. The summed E-state index contributed by atoms with van der Waals surface area (Å²) >= 11 is 0. The van der Waals surface area contributed by atoms with Crippen molar-refractivity contribution in [3.8, 4) is 0 Å². The first kappa shape index (κ1) is 13.9. The van der Waals surface area contributed by atoms with Gasteiger partial charge >= 0.3 is 0 Å². The lowest BCUT2D eigenvalue weighted by Gasteiger charge is -2.08. The molecule has 1 amide bonds. The normalized spacial score (nSPS) is 12.3. The molecular weight excluding hydrogens is 259 g/mol. The van der Waals surface area contributed by atoms with Gasteiger partial charge in [0.05, 0.1) is 6.21 Å². The van der Waals surface area contributed by atoms with E-state index in [2.05, 4.69) is 10.5 Å². The molecule has 0 fully saturated rings. The zero-order chi connectivity index (χ0) is 14.4. The average molecular weight is 272 g/mol. The summed E-state index contributed by atoms with van der Waals surface area (Å²) in [7, 11) is 0. The molecule has 20 heavy (non-hydrogen) atoms. The van der Waals surface area contributed by atoms with E-state index in [9.17, 15) is 14.3 Å². The molecule has 0 aromatic heterocycles. The maximum atomic E-state index is 12.7. The average Bonchev–Trinajstić information content (AvgIpc) is 2.49. The van der Waals surface area contributed by atoms with Crippen LogP contribution in [0.3, 0.4) is 0 Å². The first-order valence-electron chi connectivity index (χ1n) is 5.98. The summed E-state index contributed by atoms with van der Waals surface area (Å²) in [4.78, 5) is 11.7. The predicted octanol–water partition coefficient (Wildman–Crippen LogP) is 2.01. The van der Waals surface area contributed by atoms with Crippen LogP contribution in [0.2, 0.25) is 0 Å². The largest absolute Gasteiger partial charge is 0.378 e. The molecule has 4 nitrogen and oxygen atoms in total. The molecule has 2 rings (SSSR count). The Hall–Kier alpha value is -2.53. The zero-order valence-corrected chi connectivity index (χ0v) is 10.5. The fourth-order valence-electron chi connectivity index (χ4n) is 1.57. The molecule has 2 aromatic rings. The highest BCUT2D eigenvalue weighted by Crippen LogP contribution is 2.11. The number of benzene rings is 2. The van der Waals surface area contributed by atoms with Crippen molar-refractivity contribution in [3.63, 3.8) is 0 Å². The molecule has 0 saturated carbocycles. The number of amides is 1. The van der Waals surface area contributed by atoms with E-state index in [1.54, 1.807) is 30.3 Å². The number of aliphatic hydroxyl groups excluding tert-OH is 1. The number of nitrogens with zero attached hydrogens (tertiary/aromatic N) is 1. The predicted molar refractivity (Wildman–Crippen MR) is 73.5 cm³/mol. The summed E-state index contributed by atoms with van der Waals surface area (Å²) in [6, 6.07) is 14.2. The quantitative estimate of drug-likeness (QED) is 0.660. The Balaban J connectivity index is 1.93. The van der Waals surface area contributed by atoms with Gasteiger partial charge in [0, 0.05) is 0 Å². The van der Waals surface area contributed by atoms with Crippen LogP contribution in [0.1, 0.15) is 17.2 Å². The van der Waals surface area contributed by atoms with Crippen LogP contribution in [-0.2, 0) is 4.79 Å². The molecule has 0 bridgehead atoms. The van der Waals surface area contributed by atoms with E-state index in [1.165, 1.54) is 30.5 Å². The van der Waals surface area contributed by atoms with Crippen LogP contribution >= 0.6 is 0 Å². The number of hydrogen-bond donors (Lipinski definition) is 2. The van der Waals surface area contributed by atoms with Crippen molar-refractivity contribution in [2.75, 3.05) is 0 Å². The molecule has 2 aromatic carbocycles. The summed E-state index contributed by atoms with van der Waals surface area (Å²) in [6.07, 6.45) is 0.0938. The number of rotatable bonds is 4. The Morgan fingerprint density at radius 3 is 2.45 bits per heavy atom. The Morgan fingerprint density at radius 1 is 1.15 bits per heavy atom. The standard InChI is InChI=1S/C15H13FN2O2/c16-13-8-6-11(7-9-13)10-17-18-15(20)14(19)12-4-2-1-3-5-12/h1-10,14,19H,(H,18,20)/b17-10+. The molecule has 102 valence electrons. The SMILES string of the molecule is O=C(N/N=C/c1ccc(F)cc1)C(O)c1ccccc1. The summed E-state index contributed by atoms with van der Waals surface area (Å²) in [5.41, 5.74) is 3.36. The molecule has 1 atom stereocenters. The molecule has 0 aliphatic carbocycles. The van der Waals surface area contributed by atoms with Gasteiger partial charge < -0.3 is 5.11 Å². The van der Waals surface area contributed by atoms with E-state index in [0.29, 0.717) is 11.1 Å². The van der Waals surface area contributed by atoms with Crippen molar-refractivity contribution in [3.05, 3.63) is 71.5 Å². The van der Waals surface area contributed by atoms with E-state index < -0.39 is 12.0 Å². The summed E-state index contributed by atoms with van der Waals surface area (Å²) in [5, 5.41) is 13.5. The lowest BCUT2D eigenvalue weighted by molar-refractivity contribution is -0.129. The van der Waals surface area contributed by atoms with Crippen LogP contribution < -0.4 is 5.43 Å². The number of hydrogen-bond acceptors (Lipinski definition) is 3. The minimum absolute atomic E-state index is 0.342. The molecule has 5 heteroatoms. The first-order valence-corrected chi connectivity index (χ1v) is 5.98. The number of nitrogens with one attached hydrogen (secondary N) is 1. The second kappa shape index (κ2) is 6.58. The Bertz CT molecular complexity index is 597. The number of carbonyl (C=O) groups excluding carboxylic acids is 1. The lowest BCUT2D eigenvalue weighted by atomic mass is 10.1. The highest BCUT2D eigenvalue weighted by molar-refractivity contribution is 5.84. The molecule has 0 spiro atoms. The van der Waals surface area contributed by atoms with Gasteiger partial charge in [-0.15, -0.1) is 0 Å². The smallest absolute Gasteiger partial charge is 0.273 e. The van der Waals surface area contributed by atoms with Gasteiger partial charge in [0.2, 0.25) is 0 Å². The number of hydrazone groups is 1. The fraction of sp³-hybridized carbons (Fsp3) is 0.0667. The monoisotopic (exact) mass is 272 g/mol. The van der Waals surface area contributed by atoms with Gasteiger partial charge in [-0.2, -0.15) is 5.10 Å². The van der Waals surface area contributed by atoms with Gasteiger partial charge in [0.25, 0.3) is 5.91 Å². The molecule has 0 heterocycles. The molecule has 0 radical (unpaired) electrons. The molecular formula is C15H13FN2O2. The minimum atomic E-state index is -1.28. The zero-order valence-electron chi connectivity index (χ0n) is 10.5. The van der Waals surface area contributed by atoms with Crippen molar-refractivity contribution >= 4 is 12.1 Å². The third-order valence-electron chi connectivity index (χ3n) is 2.62. The molecule has 2 N–H and O–H groups in total. The van der Waals surface area contributed by atoms with Crippen LogP contribution in [0.4, 0.5) is 4.39 Å².